The maximum Gasteiger partial charge on any atom is 0.511 e. The minimum atomic E-state index is -5.27. The van der Waals surface area contributed by atoms with Crippen LogP contribution in [0.2, 0.25) is 0 Å². The summed E-state index contributed by atoms with van der Waals surface area (Å²) in [6.45, 7) is 7.54. The molecule has 0 aromatic carbocycles. The molecule has 0 aromatic heterocycles. The van der Waals surface area contributed by atoms with Crippen molar-refractivity contribution in [1.29, 1.82) is 0 Å². The first-order valence-corrected chi connectivity index (χ1v) is 10.5. The molecule has 0 saturated carbocycles. The highest BCUT2D eigenvalue weighted by atomic mass is 32.2. The van der Waals surface area contributed by atoms with Crippen molar-refractivity contribution >= 4 is 22.0 Å². The van der Waals surface area contributed by atoms with Gasteiger partial charge in [-0.15, -0.1) is 0 Å². The number of aliphatic imine (C=N–C) groups is 1. The largest absolute Gasteiger partial charge is 0.511 e. The topological polar surface area (TPSA) is 100 Å². The molecule has 1 rings (SSSR count). The van der Waals surface area contributed by atoms with Crippen LogP contribution in [0.4, 0.5) is 13.2 Å². The number of rotatable bonds is 6. The number of carbonyl (C=O) groups excluding carboxylic acids is 1. The number of piperidine rings is 1. The Morgan fingerprint density at radius 3 is 2.21 bits per heavy atom. The predicted octanol–water partition coefficient (Wildman–Crippen LogP) is 1.44. The molecule has 1 heterocycles. The number of ether oxygens (including phenoxy) is 1. The molecule has 2 N–H and O–H groups in total. The number of nitrogens with zero attached hydrogens (tertiary/aromatic N) is 2. The molecular formula is C16H29F3N4O4S. The number of esters is 1. The number of nitrogens with one attached hydrogen (secondary N) is 2. The zero-order valence-corrected chi connectivity index (χ0v) is 17.4. The van der Waals surface area contributed by atoms with E-state index in [1.54, 1.807) is 20.8 Å². The van der Waals surface area contributed by atoms with Gasteiger partial charge in [0.25, 0.3) is 0 Å². The van der Waals surface area contributed by atoms with Gasteiger partial charge in [-0.3, -0.25) is 4.79 Å². The van der Waals surface area contributed by atoms with Gasteiger partial charge in [-0.1, -0.05) is 0 Å². The molecule has 1 saturated heterocycles. The van der Waals surface area contributed by atoms with E-state index in [4.69, 9.17) is 4.74 Å². The lowest BCUT2D eigenvalue weighted by Gasteiger charge is -2.31. The number of carbonyl (C=O) groups is 1. The molecule has 0 aliphatic carbocycles. The van der Waals surface area contributed by atoms with Gasteiger partial charge in [-0.05, 0) is 46.5 Å². The molecule has 0 amide bonds. The average molecular weight is 430 g/mol. The highest BCUT2D eigenvalue weighted by Crippen LogP contribution is 2.30. The van der Waals surface area contributed by atoms with E-state index in [0.717, 1.165) is 0 Å². The van der Waals surface area contributed by atoms with Crippen LogP contribution in [0.1, 0.15) is 40.5 Å². The van der Waals surface area contributed by atoms with E-state index < -0.39 is 27.1 Å². The van der Waals surface area contributed by atoms with Crippen molar-refractivity contribution in [3.8, 4) is 0 Å². The number of halogens is 3. The highest BCUT2D eigenvalue weighted by Gasteiger charge is 2.50. The van der Waals surface area contributed by atoms with Crippen molar-refractivity contribution in [2.75, 3.05) is 32.7 Å². The molecule has 28 heavy (non-hydrogen) atoms. The summed E-state index contributed by atoms with van der Waals surface area (Å²) in [4.78, 5) is 15.9. The fourth-order valence-corrected chi connectivity index (χ4v) is 3.58. The molecule has 0 atom stereocenters. The summed E-state index contributed by atoms with van der Waals surface area (Å²) >= 11 is 0. The van der Waals surface area contributed by atoms with Crippen LogP contribution >= 0.6 is 0 Å². The highest BCUT2D eigenvalue weighted by molar-refractivity contribution is 7.90. The number of sulfonamides is 1. The lowest BCUT2D eigenvalue weighted by molar-refractivity contribution is -0.152. The van der Waals surface area contributed by atoms with Crippen molar-refractivity contribution in [2.45, 2.75) is 51.6 Å². The van der Waals surface area contributed by atoms with E-state index in [1.165, 1.54) is 0 Å². The van der Waals surface area contributed by atoms with E-state index in [9.17, 15) is 26.4 Å². The molecule has 1 aliphatic rings. The van der Waals surface area contributed by atoms with Crippen molar-refractivity contribution in [2.24, 2.45) is 10.9 Å². The number of guanidine groups is 1. The standard InChI is InChI=1S/C16H29F3N4O4S/c1-5-20-14(22-11-13(24)27-15(2,3)4)21-10-12-6-8-23(9-7-12)28(25,26)16(17,18)19/h12H,5-11H2,1-4H3,(H2,20,21,22). The second kappa shape index (κ2) is 9.77. The number of hydrogen-bond donors (Lipinski definition) is 2. The molecule has 12 heteroatoms. The average Bonchev–Trinajstić information content (AvgIpc) is 2.55. The lowest BCUT2D eigenvalue weighted by Crippen LogP contribution is -2.47. The van der Waals surface area contributed by atoms with Crippen LogP contribution in [0.5, 0.6) is 0 Å². The van der Waals surface area contributed by atoms with Gasteiger partial charge in [0.2, 0.25) is 0 Å². The molecule has 8 nitrogen and oxygen atoms in total. The van der Waals surface area contributed by atoms with Crippen molar-refractivity contribution in [3.63, 3.8) is 0 Å². The Bertz CT molecular complexity index is 652. The molecule has 0 radical (unpaired) electrons. The Balaban J connectivity index is 2.53. The lowest BCUT2D eigenvalue weighted by atomic mass is 9.98. The first-order chi connectivity index (χ1) is 12.8. The molecule has 0 spiro atoms. The zero-order valence-electron chi connectivity index (χ0n) is 16.6. The van der Waals surface area contributed by atoms with E-state index in [1.807, 2.05) is 6.92 Å². The third kappa shape index (κ3) is 7.82. The van der Waals surface area contributed by atoms with Crippen LogP contribution in [0, 0.1) is 5.92 Å². The van der Waals surface area contributed by atoms with Crippen LogP contribution in [0.3, 0.4) is 0 Å². The Kier molecular flexibility index (Phi) is 8.54. The molecule has 0 unspecified atom stereocenters. The first kappa shape index (κ1) is 24.5. The smallest absolute Gasteiger partial charge is 0.459 e. The molecule has 1 aliphatic heterocycles. The summed E-state index contributed by atoms with van der Waals surface area (Å²) in [6, 6.07) is 0. The molecule has 0 aromatic rings. The summed E-state index contributed by atoms with van der Waals surface area (Å²) in [5.74, 6) is -0.0980. The van der Waals surface area contributed by atoms with Gasteiger partial charge in [0, 0.05) is 26.2 Å². The van der Waals surface area contributed by atoms with Crippen molar-refractivity contribution in [1.82, 2.24) is 14.9 Å². The van der Waals surface area contributed by atoms with Crippen LogP contribution in [-0.2, 0) is 19.6 Å². The summed E-state index contributed by atoms with van der Waals surface area (Å²) < 4.78 is 66.3. The second-order valence-electron chi connectivity index (χ2n) is 7.46. The Labute approximate surface area is 163 Å². The van der Waals surface area contributed by atoms with Crippen LogP contribution < -0.4 is 10.6 Å². The fraction of sp³-hybridized carbons (Fsp3) is 0.875. The number of hydrogen-bond acceptors (Lipinski definition) is 5. The van der Waals surface area contributed by atoms with Gasteiger partial charge in [-0.2, -0.15) is 17.5 Å². The Morgan fingerprint density at radius 2 is 1.75 bits per heavy atom. The molecular weight excluding hydrogens is 401 g/mol. The van der Waals surface area contributed by atoms with Crippen LogP contribution in [0.25, 0.3) is 0 Å². The van der Waals surface area contributed by atoms with Crippen molar-refractivity contribution in [3.05, 3.63) is 0 Å². The molecule has 1 fully saturated rings. The minimum absolute atomic E-state index is 0.00920. The first-order valence-electron chi connectivity index (χ1n) is 9.06. The fourth-order valence-electron chi connectivity index (χ4n) is 2.60. The minimum Gasteiger partial charge on any atom is -0.459 e. The Hall–Kier alpha value is -1.56. The van der Waals surface area contributed by atoms with Gasteiger partial charge in [0.1, 0.15) is 12.1 Å². The quantitative estimate of drug-likeness (QED) is 0.376. The number of alkyl halides is 3. The van der Waals surface area contributed by atoms with Gasteiger partial charge in [0.05, 0.1) is 0 Å². The normalized spacial score (nSPS) is 18.0. The summed E-state index contributed by atoms with van der Waals surface area (Å²) in [7, 11) is -5.27. The van der Waals surface area contributed by atoms with E-state index in [2.05, 4.69) is 15.6 Å². The third-order valence-electron chi connectivity index (χ3n) is 3.89. The maximum absolute atomic E-state index is 12.6. The maximum atomic E-state index is 12.6. The zero-order chi connectivity index (χ0) is 21.6. The molecule has 164 valence electrons. The third-order valence-corrected chi connectivity index (χ3v) is 5.52. The second-order valence-corrected chi connectivity index (χ2v) is 9.39. The van der Waals surface area contributed by atoms with Gasteiger partial charge >= 0.3 is 21.5 Å². The predicted molar refractivity (Wildman–Crippen MR) is 99.1 cm³/mol. The van der Waals surface area contributed by atoms with Crippen LogP contribution in [0.15, 0.2) is 4.99 Å². The summed E-state index contributed by atoms with van der Waals surface area (Å²) in [6.07, 6.45) is 0.599. The Morgan fingerprint density at radius 1 is 1.18 bits per heavy atom. The van der Waals surface area contributed by atoms with Gasteiger partial charge < -0.3 is 15.4 Å². The summed E-state index contributed by atoms with van der Waals surface area (Å²) in [5.41, 5.74) is -5.88. The van der Waals surface area contributed by atoms with E-state index >= 15 is 0 Å². The monoisotopic (exact) mass is 430 g/mol. The van der Waals surface area contributed by atoms with Gasteiger partial charge in [-0.25, -0.2) is 13.4 Å². The van der Waals surface area contributed by atoms with Crippen molar-refractivity contribution < 1.29 is 31.1 Å². The molecule has 0 bridgehead atoms. The van der Waals surface area contributed by atoms with E-state index in [-0.39, 0.29) is 25.6 Å². The van der Waals surface area contributed by atoms with Crippen LogP contribution in [-0.4, -0.2) is 68.5 Å². The SMILES string of the molecule is CCNC(=NCC(=O)OC(C)(C)C)NCC1CCN(S(=O)(=O)C(F)(F)F)CC1. The van der Waals surface area contributed by atoms with Gasteiger partial charge in [0.15, 0.2) is 5.96 Å². The van der Waals surface area contributed by atoms with E-state index in [0.29, 0.717) is 36.2 Å². The summed E-state index contributed by atoms with van der Waals surface area (Å²) in [5, 5.41) is 6.00.